The first-order chi connectivity index (χ1) is 25.7. The molecule has 0 saturated heterocycles. The predicted molar refractivity (Wildman–Crippen MR) is 228 cm³/mol. The van der Waals surface area contributed by atoms with Crippen LogP contribution in [0.5, 0.6) is 0 Å². The summed E-state index contributed by atoms with van der Waals surface area (Å²) in [6.07, 6.45) is 58.0. The summed E-state index contributed by atoms with van der Waals surface area (Å²) in [4.78, 5) is 12.2. The van der Waals surface area contributed by atoms with Crippen molar-refractivity contribution >= 4 is 5.97 Å². The highest BCUT2D eigenvalue weighted by molar-refractivity contribution is 5.69. The second-order valence-electron chi connectivity index (χ2n) is 15.5. The molecule has 0 fully saturated rings. The van der Waals surface area contributed by atoms with Gasteiger partial charge in [-0.25, -0.2) is 0 Å². The van der Waals surface area contributed by atoms with Gasteiger partial charge in [0.15, 0.2) is 0 Å². The van der Waals surface area contributed by atoms with Crippen LogP contribution in [0, 0.1) is 0 Å². The topological polar surface area (TPSA) is 55.8 Å². The number of unbranched alkanes of at least 4 members (excludes halogenated alkanes) is 29. The van der Waals surface area contributed by atoms with Gasteiger partial charge >= 0.3 is 5.97 Å². The zero-order chi connectivity index (χ0) is 37.7. The van der Waals surface area contributed by atoms with E-state index < -0.39 is 6.10 Å². The zero-order valence-electron chi connectivity index (χ0n) is 35.1. The number of hydrogen-bond acceptors (Lipinski definition) is 4. The minimum Gasteiger partial charge on any atom is -0.457 e. The highest BCUT2D eigenvalue weighted by Crippen LogP contribution is 2.16. The van der Waals surface area contributed by atoms with E-state index >= 15 is 0 Å². The molecule has 0 radical (unpaired) electrons. The summed E-state index contributed by atoms with van der Waals surface area (Å²) < 4.78 is 11.2. The SMILES string of the molecule is CC/C=C\C/C=C\C/C=C\CCCCCCCC(=O)OC(CO)COCCCCCCCCCCCCCCCCCCCCCCCCCCC. The van der Waals surface area contributed by atoms with E-state index in [1.54, 1.807) is 0 Å². The third kappa shape index (κ3) is 43.0. The summed E-state index contributed by atoms with van der Waals surface area (Å²) in [7, 11) is 0. The lowest BCUT2D eigenvalue weighted by Gasteiger charge is -2.15. The predicted octanol–water partition coefficient (Wildman–Crippen LogP) is 15.3. The molecule has 0 heterocycles. The Kier molecular flexibility index (Phi) is 44.5. The molecule has 52 heavy (non-hydrogen) atoms. The molecule has 0 amide bonds. The van der Waals surface area contributed by atoms with Crippen LogP contribution in [0.2, 0.25) is 0 Å². The lowest BCUT2D eigenvalue weighted by Crippen LogP contribution is -2.27. The fourth-order valence-electron chi connectivity index (χ4n) is 6.82. The first kappa shape index (κ1) is 50.6. The molecule has 4 heteroatoms. The highest BCUT2D eigenvalue weighted by Gasteiger charge is 2.13. The van der Waals surface area contributed by atoms with Crippen molar-refractivity contribution in [3.8, 4) is 0 Å². The molecule has 4 nitrogen and oxygen atoms in total. The summed E-state index contributed by atoms with van der Waals surface area (Å²) in [5, 5.41) is 9.61. The largest absolute Gasteiger partial charge is 0.457 e. The lowest BCUT2D eigenvalue weighted by atomic mass is 10.0. The minimum absolute atomic E-state index is 0.176. The van der Waals surface area contributed by atoms with E-state index in [9.17, 15) is 9.90 Å². The van der Waals surface area contributed by atoms with Gasteiger partial charge in [-0.3, -0.25) is 4.79 Å². The van der Waals surface area contributed by atoms with Crippen molar-refractivity contribution in [2.24, 2.45) is 0 Å². The Hall–Kier alpha value is -1.39. The molecule has 1 atom stereocenters. The van der Waals surface area contributed by atoms with Crippen molar-refractivity contribution in [1.29, 1.82) is 0 Å². The number of carbonyl (C=O) groups excluding carboxylic acids is 1. The average molecular weight is 731 g/mol. The van der Waals surface area contributed by atoms with Gasteiger partial charge in [-0.2, -0.15) is 0 Å². The Morgan fingerprint density at radius 1 is 0.481 bits per heavy atom. The number of aliphatic hydroxyl groups excluding tert-OH is 1. The maximum Gasteiger partial charge on any atom is 0.306 e. The molecule has 0 aliphatic heterocycles. The highest BCUT2D eigenvalue weighted by atomic mass is 16.6. The molecule has 0 saturated carbocycles. The molecule has 0 aliphatic rings. The van der Waals surface area contributed by atoms with Gasteiger partial charge in [0.1, 0.15) is 6.10 Å². The van der Waals surface area contributed by atoms with Gasteiger partial charge in [0.05, 0.1) is 13.2 Å². The molecule has 0 aromatic heterocycles. The minimum atomic E-state index is -0.541. The number of rotatable bonds is 43. The average Bonchev–Trinajstić information content (AvgIpc) is 3.15. The van der Waals surface area contributed by atoms with Crippen molar-refractivity contribution < 1.29 is 19.4 Å². The summed E-state index contributed by atoms with van der Waals surface area (Å²) in [5.74, 6) is -0.214. The Balaban J connectivity index is 3.36. The van der Waals surface area contributed by atoms with Gasteiger partial charge in [-0.15, -0.1) is 0 Å². The van der Waals surface area contributed by atoms with Crippen LogP contribution in [-0.4, -0.2) is 37.0 Å². The third-order valence-corrected chi connectivity index (χ3v) is 10.2. The number of carbonyl (C=O) groups is 1. The molecular weight excluding hydrogens is 641 g/mol. The maximum atomic E-state index is 12.2. The normalized spacial score (nSPS) is 12.6. The van der Waals surface area contributed by atoms with Crippen LogP contribution < -0.4 is 0 Å². The van der Waals surface area contributed by atoms with Crippen molar-refractivity contribution in [1.82, 2.24) is 0 Å². The summed E-state index contributed by atoms with van der Waals surface area (Å²) in [6.45, 7) is 5.25. The third-order valence-electron chi connectivity index (χ3n) is 10.2. The monoisotopic (exact) mass is 731 g/mol. The number of aliphatic hydroxyl groups is 1. The first-order valence-corrected chi connectivity index (χ1v) is 23.1. The Morgan fingerprint density at radius 2 is 0.865 bits per heavy atom. The van der Waals surface area contributed by atoms with E-state index in [4.69, 9.17) is 9.47 Å². The van der Waals surface area contributed by atoms with Gasteiger partial charge in [-0.05, 0) is 44.9 Å². The molecule has 0 aliphatic carbocycles. The van der Waals surface area contributed by atoms with Crippen LogP contribution in [0.3, 0.4) is 0 Å². The molecule has 0 spiro atoms. The lowest BCUT2D eigenvalue weighted by molar-refractivity contribution is -0.154. The molecule has 0 aromatic rings. The van der Waals surface area contributed by atoms with Crippen LogP contribution in [0.1, 0.15) is 239 Å². The maximum absolute atomic E-state index is 12.2. The van der Waals surface area contributed by atoms with E-state index in [1.807, 2.05) is 0 Å². The van der Waals surface area contributed by atoms with Crippen LogP contribution in [0.15, 0.2) is 36.5 Å². The molecule has 0 aromatic carbocycles. The van der Waals surface area contributed by atoms with Crippen LogP contribution in [0.25, 0.3) is 0 Å². The Morgan fingerprint density at radius 3 is 1.31 bits per heavy atom. The Labute approximate surface area is 325 Å². The van der Waals surface area contributed by atoms with E-state index in [1.165, 1.54) is 167 Å². The Bertz CT molecular complexity index is 772. The smallest absolute Gasteiger partial charge is 0.306 e. The van der Waals surface area contributed by atoms with Crippen molar-refractivity contribution in [2.45, 2.75) is 245 Å². The molecular formula is C48H90O4. The quantitative estimate of drug-likeness (QED) is 0.0385. The first-order valence-electron chi connectivity index (χ1n) is 23.1. The van der Waals surface area contributed by atoms with E-state index in [-0.39, 0.29) is 12.6 Å². The van der Waals surface area contributed by atoms with Gasteiger partial charge in [0.2, 0.25) is 0 Å². The van der Waals surface area contributed by atoms with E-state index in [2.05, 4.69) is 50.3 Å². The van der Waals surface area contributed by atoms with Gasteiger partial charge in [0.25, 0.3) is 0 Å². The molecule has 1 unspecified atom stereocenters. The second-order valence-corrected chi connectivity index (χ2v) is 15.5. The number of allylic oxidation sites excluding steroid dienone is 6. The summed E-state index contributed by atoms with van der Waals surface area (Å²) in [6, 6.07) is 0. The fraction of sp³-hybridized carbons (Fsp3) is 0.854. The fourth-order valence-corrected chi connectivity index (χ4v) is 6.82. The van der Waals surface area contributed by atoms with Gasteiger partial charge < -0.3 is 14.6 Å². The number of ether oxygens (including phenoxy) is 2. The standard InChI is InChI=1S/C48H90O4/c1-3-5-7-9-11-13-15-17-19-20-21-22-23-24-25-26-27-28-30-32-34-36-38-40-42-44-51-46-47(45-49)52-48(50)43-41-39-37-35-33-31-29-18-16-14-12-10-8-6-4-2/h6,8,12,14,18,29,47,49H,3-5,7,9-11,13,15-17,19-28,30-46H2,1-2H3/b8-6-,14-12-,29-18-. The van der Waals surface area contributed by atoms with Gasteiger partial charge in [-0.1, -0.05) is 224 Å². The van der Waals surface area contributed by atoms with Crippen LogP contribution in [-0.2, 0) is 14.3 Å². The van der Waals surface area contributed by atoms with Crippen LogP contribution >= 0.6 is 0 Å². The molecule has 0 bridgehead atoms. The summed E-state index contributed by atoms with van der Waals surface area (Å²) >= 11 is 0. The number of hydrogen-bond donors (Lipinski definition) is 1. The van der Waals surface area contributed by atoms with Gasteiger partial charge in [0, 0.05) is 13.0 Å². The van der Waals surface area contributed by atoms with Crippen molar-refractivity contribution in [3.05, 3.63) is 36.5 Å². The van der Waals surface area contributed by atoms with Crippen molar-refractivity contribution in [2.75, 3.05) is 19.8 Å². The second kappa shape index (κ2) is 45.8. The number of esters is 1. The van der Waals surface area contributed by atoms with Crippen LogP contribution in [0.4, 0.5) is 0 Å². The molecule has 306 valence electrons. The van der Waals surface area contributed by atoms with E-state index in [0.717, 1.165) is 51.4 Å². The summed E-state index contributed by atoms with van der Waals surface area (Å²) in [5.41, 5.74) is 0. The van der Waals surface area contributed by atoms with E-state index in [0.29, 0.717) is 19.6 Å². The zero-order valence-corrected chi connectivity index (χ0v) is 35.1. The molecule has 1 N–H and O–H groups in total. The molecule has 0 rings (SSSR count). The van der Waals surface area contributed by atoms with Crippen molar-refractivity contribution in [3.63, 3.8) is 0 Å².